The number of halogens is 2. The Hall–Kier alpha value is -0.170. The lowest BCUT2D eigenvalue weighted by Crippen LogP contribution is -2.28. The topological polar surface area (TPSA) is 37.4 Å². The average Bonchev–Trinajstić information content (AvgIpc) is 2.28. The first-order valence-corrected chi connectivity index (χ1v) is 8.44. The van der Waals surface area contributed by atoms with E-state index in [0.29, 0.717) is 11.0 Å². The van der Waals surface area contributed by atoms with Crippen molar-refractivity contribution in [2.45, 2.75) is 17.7 Å². The predicted molar refractivity (Wildman–Crippen MR) is 81.1 cm³/mol. The molecule has 0 aromatic heterocycles. The van der Waals surface area contributed by atoms with Crippen LogP contribution in [0.15, 0.2) is 44.7 Å². The summed E-state index contributed by atoms with van der Waals surface area (Å²) < 4.78 is 27.4. The van der Waals surface area contributed by atoms with Gasteiger partial charge in [-0.2, -0.15) is 0 Å². The summed E-state index contributed by atoms with van der Waals surface area (Å²) in [7, 11) is -1.85. The quantitative estimate of drug-likeness (QED) is 0.541. The van der Waals surface area contributed by atoms with Crippen molar-refractivity contribution in [3.05, 3.63) is 39.8 Å². The van der Waals surface area contributed by atoms with Crippen LogP contribution in [0, 0.1) is 0 Å². The summed E-state index contributed by atoms with van der Waals surface area (Å²) in [5.74, 6) is 0. The third-order valence-electron chi connectivity index (χ3n) is 2.46. The van der Waals surface area contributed by atoms with Crippen LogP contribution in [0.25, 0.3) is 0 Å². The molecule has 1 aromatic carbocycles. The summed E-state index contributed by atoms with van der Waals surface area (Å²) in [4.78, 5) is 0.284. The van der Waals surface area contributed by atoms with Gasteiger partial charge >= 0.3 is 0 Å². The Kier molecular flexibility index (Phi) is 6.04. The maximum absolute atomic E-state index is 12.3. The highest BCUT2D eigenvalue weighted by Crippen LogP contribution is 2.27. The fourth-order valence-electron chi connectivity index (χ4n) is 1.43. The number of allylic oxidation sites excluding steroid dienone is 1. The van der Waals surface area contributed by atoms with Crippen LogP contribution in [0.5, 0.6) is 0 Å². The molecule has 1 rings (SSSR count). The third-order valence-corrected chi connectivity index (χ3v) is 5.79. The number of unbranched alkanes of at least 4 members (excludes halogenated alkanes) is 1. The van der Waals surface area contributed by atoms with Crippen molar-refractivity contribution in [2.24, 2.45) is 0 Å². The van der Waals surface area contributed by atoms with Gasteiger partial charge in [-0.05, 0) is 47.0 Å². The SMILES string of the molecule is C=CCCCN(C)S(=O)(=O)c1ccc(Br)cc1Br. The van der Waals surface area contributed by atoms with Crippen molar-refractivity contribution >= 4 is 41.9 Å². The summed E-state index contributed by atoms with van der Waals surface area (Å²) in [5.41, 5.74) is 0. The normalized spacial score (nSPS) is 11.8. The van der Waals surface area contributed by atoms with Crippen LogP contribution >= 0.6 is 31.9 Å². The van der Waals surface area contributed by atoms with Crippen molar-refractivity contribution < 1.29 is 8.42 Å². The van der Waals surface area contributed by atoms with Gasteiger partial charge in [-0.15, -0.1) is 6.58 Å². The first-order valence-electron chi connectivity index (χ1n) is 5.42. The molecule has 0 amide bonds. The van der Waals surface area contributed by atoms with Crippen molar-refractivity contribution in [2.75, 3.05) is 13.6 Å². The number of rotatable bonds is 6. The van der Waals surface area contributed by atoms with E-state index >= 15 is 0 Å². The average molecular weight is 397 g/mol. The molecule has 0 bridgehead atoms. The van der Waals surface area contributed by atoms with E-state index in [1.807, 2.05) is 0 Å². The van der Waals surface area contributed by atoms with Gasteiger partial charge in [-0.3, -0.25) is 0 Å². The summed E-state index contributed by atoms with van der Waals surface area (Å²) in [5, 5.41) is 0. The van der Waals surface area contributed by atoms with Gasteiger partial charge in [0, 0.05) is 22.5 Å². The lowest BCUT2D eigenvalue weighted by molar-refractivity contribution is 0.462. The molecule has 0 aliphatic heterocycles. The minimum atomic E-state index is -3.44. The number of benzene rings is 1. The smallest absolute Gasteiger partial charge is 0.207 e. The molecule has 100 valence electrons. The van der Waals surface area contributed by atoms with Crippen LogP contribution in [-0.2, 0) is 10.0 Å². The predicted octanol–water partition coefficient (Wildman–Crippen LogP) is 3.80. The molecule has 1 aromatic rings. The van der Waals surface area contributed by atoms with Crippen LogP contribution in [0.2, 0.25) is 0 Å². The van der Waals surface area contributed by atoms with Gasteiger partial charge in [-0.1, -0.05) is 22.0 Å². The Morgan fingerprint density at radius 3 is 2.61 bits per heavy atom. The molecular formula is C12H15Br2NO2S. The fourth-order valence-corrected chi connectivity index (χ4v) is 4.34. The molecule has 0 atom stereocenters. The zero-order valence-electron chi connectivity index (χ0n) is 10.1. The van der Waals surface area contributed by atoms with Gasteiger partial charge in [0.05, 0.1) is 4.90 Å². The summed E-state index contributed by atoms with van der Waals surface area (Å²) >= 11 is 6.58. The van der Waals surface area contributed by atoms with E-state index in [-0.39, 0.29) is 4.90 Å². The van der Waals surface area contributed by atoms with Crippen LogP contribution < -0.4 is 0 Å². The number of hydrogen-bond acceptors (Lipinski definition) is 2. The molecule has 0 saturated carbocycles. The zero-order chi connectivity index (χ0) is 13.8. The molecule has 0 saturated heterocycles. The van der Waals surface area contributed by atoms with E-state index in [0.717, 1.165) is 17.3 Å². The minimum Gasteiger partial charge on any atom is -0.207 e. The van der Waals surface area contributed by atoms with Crippen LogP contribution in [-0.4, -0.2) is 26.3 Å². The largest absolute Gasteiger partial charge is 0.243 e. The second kappa shape index (κ2) is 6.84. The monoisotopic (exact) mass is 395 g/mol. The highest BCUT2D eigenvalue weighted by atomic mass is 79.9. The van der Waals surface area contributed by atoms with Crippen LogP contribution in [0.1, 0.15) is 12.8 Å². The highest BCUT2D eigenvalue weighted by molar-refractivity contribution is 9.11. The lowest BCUT2D eigenvalue weighted by Gasteiger charge is -2.17. The van der Waals surface area contributed by atoms with Crippen LogP contribution in [0.3, 0.4) is 0 Å². The van der Waals surface area contributed by atoms with E-state index in [2.05, 4.69) is 38.4 Å². The molecule has 18 heavy (non-hydrogen) atoms. The molecule has 0 radical (unpaired) electrons. The Morgan fingerprint density at radius 1 is 1.39 bits per heavy atom. The molecule has 3 nitrogen and oxygen atoms in total. The van der Waals surface area contributed by atoms with Gasteiger partial charge < -0.3 is 0 Å². The van der Waals surface area contributed by atoms with Gasteiger partial charge in [0.15, 0.2) is 0 Å². The molecule has 0 aliphatic carbocycles. The second-order valence-electron chi connectivity index (χ2n) is 3.83. The lowest BCUT2D eigenvalue weighted by atomic mass is 10.3. The summed E-state index contributed by atoms with van der Waals surface area (Å²) in [6, 6.07) is 5.03. The minimum absolute atomic E-state index is 0.284. The first-order chi connectivity index (χ1) is 8.39. The van der Waals surface area contributed by atoms with E-state index < -0.39 is 10.0 Å². The Bertz CT molecular complexity index is 529. The van der Waals surface area contributed by atoms with Gasteiger partial charge in [-0.25, -0.2) is 12.7 Å². The number of sulfonamides is 1. The van der Waals surface area contributed by atoms with Crippen molar-refractivity contribution in [1.82, 2.24) is 4.31 Å². The zero-order valence-corrected chi connectivity index (χ0v) is 14.1. The van der Waals surface area contributed by atoms with Gasteiger partial charge in [0.1, 0.15) is 0 Å². The van der Waals surface area contributed by atoms with E-state index in [1.165, 1.54) is 4.31 Å². The molecular weight excluding hydrogens is 382 g/mol. The molecule has 0 heterocycles. The maximum Gasteiger partial charge on any atom is 0.243 e. The third kappa shape index (κ3) is 3.91. The Morgan fingerprint density at radius 2 is 2.06 bits per heavy atom. The maximum atomic E-state index is 12.3. The van der Waals surface area contributed by atoms with Gasteiger partial charge in [0.2, 0.25) is 10.0 Å². The Balaban J connectivity index is 2.94. The van der Waals surface area contributed by atoms with E-state index in [9.17, 15) is 8.42 Å². The highest BCUT2D eigenvalue weighted by Gasteiger charge is 2.22. The van der Waals surface area contributed by atoms with Crippen molar-refractivity contribution in [3.8, 4) is 0 Å². The Labute approximate surface area is 125 Å². The molecule has 0 spiro atoms. The fraction of sp³-hybridized carbons (Fsp3) is 0.333. The van der Waals surface area contributed by atoms with Crippen LogP contribution in [0.4, 0.5) is 0 Å². The molecule has 0 N–H and O–H groups in total. The van der Waals surface area contributed by atoms with Crippen molar-refractivity contribution in [3.63, 3.8) is 0 Å². The number of hydrogen-bond donors (Lipinski definition) is 0. The first kappa shape index (κ1) is 15.9. The standard InChI is InChI=1S/C12H15Br2NO2S/c1-3-4-5-8-15(2)18(16,17)12-7-6-10(13)9-11(12)14/h3,6-7,9H,1,4-5,8H2,2H3. The summed E-state index contributed by atoms with van der Waals surface area (Å²) in [6.07, 6.45) is 3.37. The molecule has 6 heteroatoms. The molecule has 0 fully saturated rings. The van der Waals surface area contributed by atoms with Crippen molar-refractivity contribution in [1.29, 1.82) is 0 Å². The molecule has 0 aliphatic rings. The second-order valence-corrected chi connectivity index (χ2v) is 7.62. The van der Waals surface area contributed by atoms with Gasteiger partial charge in [0.25, 0.3) is 0 Å². The van der Waals surface area contributed by atoms with E-state index in [1.54, 1.807) is 31.3 Å². The van der Waals surface area contributed by atoms with E-state index in [4.69, 9.17) is 0 Å². The molecule has 0 unspecified atom stereocenters. The summed E-state index contributed by atoms with van der Waals surface area (Å²) in [6.45, 7) is 4.10. The number of nitrogens with zero attached hydrogens (tertiary/aromatic N) is 1.